The molecule has 7 nitrogen and oxygen atoms in total. The number of esters is 1. The second-order valence-corrected chi connectivity index (χ2v) is 5.84. The largest absolute Gasteiger partial charge is 0.452 e. The van der Waals surface area contributed by atoms with Gasteiger partial charge >= 0.3 is 5.97 Å². The van der Waals surface area contributed by atoms with Gasteiger partial charge in [0.1, 0.15) is 0 Å². The van der Waals surface area contributed by atoms with E-state index in [1.165, 1.54) is 6.07 Å². The van der Waals surface area contributed by atoms with Crippen molar-refractivity contribution in [3.05, 3.63) is 67.7 Å². The van der Waals surface area contributed by atoms with Crippen molar-refractivity contribution in [2.75, 3.05) is 11.9 Å². The van der Waals surface area contributed by atoms with Crippen LogP contribution in [0, 0.1) is 17.0 Å². The first-order valence-electron chi connectivity index (χ1n) is 6.95. The monoisotopic (exact) mass is 382 g/mol. The van der Waals surface area contributed by atoms with Crippen molar-refractivity contribution < 1.29 is 19.2 Å². The van der Waals surface area contributed by atoms with Gasteiger partial charge in [-0.2, -0.15) is 0 Å². The molecule has 0 radical (unpaired) electrons. The van der Waals surface area contributed by atoms with Crippen molar-refractivity contribution in [3.63, 3.8) is 0 Å². The number of benzene rings is 2. The Morgan fingerprint density at radius 2 is 1.88 bits per heavy atom. The van der Waals surface area contributed by atoms with E-state index in [2.05, 4.69) is 5.32 Å². The molecule has 25 heavy (non-hydrogen) atoms. The number of hydrogen-bond acceptors (Lipinski definition) is 5. The van der Waals surface area contributed by atoms with Crippen LogP contribution in [0.15, 0.2) is 36.4 Å². The minimum Gasteiger partial charge on any atom is -0.452 e. The van der Waals surface area contributed by atoms with Gasteiger partial charge in [0.25, 0.3) is 11.6 Å². The van der Waals surface area contributed by atoms with Crippen LogP contribution in [0.4, 0.5) is 11.4 Å². The number of aryl methyl sites for hydroxylation is 1. The van der Waals surface area contributed by atoms with Gasteiger partial charge in [0.2, 0.25) is 0 Å². The SMILES string of the molecule is Cc1ccc(NC(=O)COC(=O)c2cc([N+](=O)[O-])ccc2Cl)c(Cl)c1. The number of anilines is 1. The molecule has 0 fully saturated rings. The number of ether oxygens (including phenoxy) is 1. The molecule has 2 rings (SSSR count). The highest BCUT2D eigenvalue weighted by atomic mass is 35.5. The molecule has 0 bridgehead atoms. The van der Waals surface area contributed by atoms with Crippen LogP contribution in [0.3, 0.4) is 0 Å². The standard InChI is InChI=1S/C16H12Cl2N2O5/c1-9-2-5-14(13(18)6-9)19-15(21)8-25-16(22)11-7-10(20(23)24)3-4-12(11)17/h2-7H,8H2,1H3,(H,19,21). The van der Waals surface area contributed by atoms with E-state index in [0.717, 1.165) is 17.7 Å². The van der Waals surface area contributed by atoms with Gasteiger partial charge in [0, 0.05) is 12.1 Å². The minimum absolute atomic E-state index is 0.0161. The quantitative estimate of drug-likeness (QED) is 0.478. The fraction of sp³-hybridized carbons (Fsp3) is 0.125. The first-order chi connectivity index (χ1) is 11.8. The zero-order valence-electron chi connectivity index (χ0n) is 12.9. The summed E-state index contributed by atoms with van der Waals surface area (Å²) in [5.74, 6) is -1.56. The average molecular weight is 383 g/mol. The van der Waals surface area contributed by atoms with Crippen LogP contribution in [0.25, 0.3) is 0 Å². The van der Waals surface area contributed by atoms with Crippen LogP contribution in [0.2, 0.25) is 10.0 Å². The molecule has 0 aliphatic rings. The summed E-state index contributed by atoms with van der Waals surface area (Å²) in [6.07, 6.45) is 0. The summed E-state index contributed by atoms with van der Waals surface area (Å²) in [6, 6.07) is 8.41. The summed E-state index contributed by atoms with van der Waals surface area (Å²) in [4.78, 5) is 33.9. The molecule has 1 N–H and O–H groups in total. The third-order valence-corrected chi connectivity index (χ3v) is 3.76. The highest BCUT2D eigenvalue weighted by molar-refractivity contribution is 6.34. The predicted molar refractivity (Wildman–Crippen MR) is 93.2 cm³/mol. The first-order valence-corrected chi connectivity index (χ1v) is 7.70. The number of nitrogens with one attached hydrogen (secondary N) is 1. The molecule has 0 spiro atoms. The molecular formula is C16H12Cl2N2O5. The number of nitro benzene ring substituents is 1. The molecule has 0 aromatic heterocycles. The Morgan fingerprint density at radius 1 is 1.16 bits per heavy atom. The van der Waals surface area contributed by atoms with E-state index in [-0.39, 0.29) is 16.3 Å². The molecule has 0 heterocycles. The maximum absolute atomic E-state index is 12.0. The van der Waals surface area contributed by atoms with E-state index >= 15 is 0 Å². The van der Waals surface area contributed by atoms with Crippen LogP contribution in [0.1, 0.15) is 15.9 Å². The molecule has 9 heteroatoms. The van der Waals surface area contributed by atoms with Crippen LogP contribution in [0.5, 0.6) is 0 Å². The van der Waals surface area contributed by atoms with Gasteiger partial charge < -0.3 is 10.1 Å². The van der Waals surface area contributed by atoms with Gasteiger partial charge in [-0.25, -0.2) is 4.79 Å². The molecule has 130 valence electrons. The number of nitrogens with zero attached hydrogens (tertiary/aromatic N) is 1. The summed E-state index contributed by atoms with van der Waals surface area (Å²) >= 11 is 11.8. The molecule has 2 aromatic carbocycles. The molecular weight excluding hydrogens is 371 g/mol. The lowest BCUT2D eigenvalue weighted by Gasteiger charge is -2.09. The van der Waals surface area contributed by atoms with Crippen molar-refractivity contribution in [3.8, 4) is 0 Å². The highest BCUT2D eigenvalue weighted by Crippen LogP contribution is 2.24. The maximum atomic E-state index is 12.0. The van der Waals surface area contributed by atoms with Crippen molar-refractivity contribution in [1.29, 1.82) is 0 Å². The lowest BCUT2D eigenvalue weighted by atomic mass is 10.2. The molecule has 0 aliphatic heterocycles. The normalized spacial score (nSPS) is 10.2. The lowest BCUT2D eigenvalue weighted by molar-refractivity contribution is -0.384. The van der Waals surface area contributed by atoms with Gasteiger partial charge in [-0.05, 0) is 30.7 Å². The van der Waals surface area contributed by atoms with E-state index in [4.69, 9.17) is 27.9 Å². The van der Waals surface area contributed by atoms with Crippen molar-refractivity contribution in [1.82, 2.24) is 0 Å². The van der Waals surface area contributed by atoms with E-state index in [1.807, 2.05) is 6.92 Å². The summed E-state index contributed by atoms with van der Waals surface area (Å²) < 4.78 is 4.84. The van der Waals surface area contributed by atoms with Crippen LogP contribution >= 0.6 is 23.2 Å². The Kier molecular flexibility index (Phi) is 5.95. The number of halogens is 2. The van der Waals surface area contributed by atoms with Crippen LogP contribution < -0.4 is 5.32 Å². The molecule has 0 unspecified atom stereocenters. The molecule has 2 aromatic rings. The zero-order valence-corrected chi connectivity index (χ0v) is 14.4. The fourth-order valence-corrected chi connectivity index (χ4v) is 2.38. The fourth-order valence-electron chi connectivity index (χ4n) is 1.90. The Balaban J connectivity index is 2.01. The smallest absolute Gasteiger partial charge is 0.340 e. The van der Waals surface area contributed by atoms with E-state index in [9.17, 15) is 19.7 Å². The van der Waals surface area contributed by atoms with E-state index < -0.39 is 23.4 Å². The Hall–Kier alpha value is -2.64. The van der Waals surface area contributed by atoms with Gasteiger partial charge in [-0.15, -0.1) is 0 Å². The number of carbonyl (C=O) groups excluding carboxylic acids is 2. The van der Waals surface area contributed by atoms with Crippen LogP contribution in [-0.2, 0) is 9.53 Å². The van der Waals surface area contributed by atoms with Crippen LogP contribution in [-0.4, -0.2) is 23.4 Å². The summed E-state index contributed by atoms with van der Waals surface area (Å²) in [7, 11) is 0. The minimum atomic E-state index is -0.946. The zero-order chi connectivity index (χ0) is 18.6. The Morgan fingerprint density at radius 3 is 2.52 bits per heavy atom. The van der Waals surface area contributed by atoms with Crippen molar-refractivity contribution in [2.45, 2.75) is 6.92 Å². The summed E-state index contributed by atoms with van der Waals surface area (Å²) in [6.45, 7) is 1.25. The van der Waals surface area contributed by atoms with Gasteiger partial charge in [0.05, 0.1) is 26.2 Å². The maximum Gasteiger partial charge on any atom is 0.340 e. The average Bonchev–Trinajstić information content (AvgIpc) is 2.55. The summed E-state index contributed by atoms with van der Waals surface area (Å²) in [5.41, 5.74) is 0.792. The van der Waals surface area contributed by atoms with E-state index in [0.29, 0.717) is 10.7 Å². The van der Waals surface area contributed by atoms with Crippen molar-refractivity contribution in [2.24, 2.45) is 0 Å². The number of nitro groups is 1. The Bertz CT molecular complexity index is 854. The topological polar surface area (TPSA) is 98.5 Å². The van der Waals surface area contributed by atoms with Gasteiger partial charge in [0.15, 0.2) is 6.61 Å². The predicted octanol–water partition coefficient (Wildman–Crippen LogP) is 4.01. The molecule has 0 atom stereocenters. The number of amides is 1. The Labute approximate surface area is 152 Å². The lowest BCUT2D eigenvalue weighted by Crippen LogP contribution is -2.21. The molecule has 0 aliphatic carbocycles. The number of rotatable bonds is 5. The third-order valence-electron chi connectivity index (χ3n) is 3.11. The van der Waals surface area contributed by atoms with Gasteiger partial charge in [-0.3, -0.25) is 14.9 Å². The molecule has 1 amide bonds. The second kappa shape index (κ2) is 7.96. The summed E-state index contributed by atoms with van der Waals surface area (Å²) in [5, 5.41) is 13.6. The first kappa shape index (κ1) is 18.7. The van der Waals surface area contributed by atoms with Crippen molar-refractivity contribution >= 4 is 46.5 Å². The number of carbonyl (C=O) groups is 2. The molecule has 0 saturated heterocycles. The highest BCUT2D eigenvalue weighted by Gasteiger charge is 2.18. The van der Waals surface area contributed by atoms with Gasteiger partial charge in [-0.1, -0.05) is 29.3 Å². The molecule has 0 saturated carbocycles. The third kappa shape index (κ3) is 4.91. The van der Waals surface area contributed by atoms with E-state index in [1.54, 1.807) is 18.2 Å². The number of hydrogen-bond donors (Lipinski definition) is 1. The number of non-ortho nitro benzene ring substituents is 1. The second-order valence-electron chi connectivity index (χ2n) is 5.03.